The van der Waals surface area contributed by atoms with E-state index in [1.54, 1.807) is 12.1 Å². The van der Waals surface area contributed by atoms with Gasteiger partial charge in [-0.15, -0.1) is 0 Å². The van der Waals surface area contributed by atoms with E-state index in [-0.39, 0.29) is 10.7 Å². The quantitative estimate of drug-likeness (QED) is 0.694. The number of benzene rings is 2. The molecule has 0 aliphatic heterocycles. The van der Waals surface area contributed by atoms with Crippen LogP contribution in [0.4, 0.5) is 5.69 Å². The van der Waals surface area contributed by atoms with E-state index in [4.69, 9.17) is 0 Å². The number of sulfonamides is 1. The van der Waals surface area contributed by atoms with E-state index in [2.05, 4.69) is 16.9 Å². The lowest BCUT2D eigenvalue weighted by Gasteiger charge is -2.57. The van der Waals surface area contributed by atoms with Crippen molar-refractivity contribution >= 4 is 21.5 Å². The van der Waals surface area contributed by atoms with Crippen LogP contribution < -0.4 is 4.72 Å². The highest BCUT2D eigenvalue weighted by molar-refractivity contribution is 7.92. The average Bonchev–Trinajstić information content (AvgIpc) is 2.67. The van der Waals surface area contributed by atoms with Crippen LogP contribution in [0.5, 0.6) is 0 Å². The Bertz CT molecular complexity index is 1000. The van der Waals surface area contributed by atoms with E-state index < -0.39 is 10.0 Å². The summed E-state index contributed by atoms with van der Waals surface area (Å²) in [7, 11) is -3.67. The third-order valence-corrected chi connectivity index (χ3v) is 8.76. The Kier molecular flexibility index (Phi) is 4.35. The Balaban J connectivity index is 1.35. The van der Waals surface area contributed by atoms with Crippen LogP contribution in [-0.2, 0) is 15.4 Å². The van der Waals surface area contributed by atoms with Crippen LogP contribution in [0.25, 0.3) is 0 Å². The monoisotopic (exact) mass is 409 g/mol. The first-order valence-corrected chi connectivity index (χ1v) is 12.1. The Morgan fingerprint density at radius 3 is 1.86 bits per heavy atom. The summed E-state index contributed by atoms with van der Waals surface area (Å²) >= 11 is 0. The number of Topliss-reactive ketones (excluding diaryl/α,β-unsaturated/α-hetero) is 1. The predicted molar refractivity (Wildman–Crippen MR) is 114 cm³/mol. The van der Waals surface area contributed by atoms with Crippen LogP contribution in [-0.4, -0.2) is 14.2 Å². The fourth-order valence-corrected chi connectivity index (χ4v) is 7.50. The summed E-state index contributed by atoms with van der Waals surface area (Å²) in [4.78, 5) is 11.6. The molecule has 4 bridgehead atoms. The summed E-state index contributed by atoms with van der Waals surface area (Å²) in [6, 6.07) is 14.1. The van der Waals surface area contributed by atoms with Gasteiger partial charge in [0.2, 0.25) is 0 Å². The van der Waals surface area contributed by atoms with Crippen LogP contribution in [0.15, 0.2) is 53.4 Å². The minimum absolute atomic E-state index is 0.0813. The zero-order chi connectivity index (χ0) is 20.2. The number of ketones is 1. The first-order chi connectivity index (χ1) is 13.8. The summed E-state index contributed by atoms with van der Waals surface area (Å²) in [5, 5.41) is 0. The van der Waals surface area contributed by atoms with E-state index in [9.17, 15) is 13.2 Å². The molecule has 4 aliphatic carbocycles. The lowest BCUT2D eigenvalue weighted by atomic mass is 9.48. The first-order valence-electron chi connectivity index (χ1n) is 10.6. The van der Waals surface area contributed by atoms with Gasteiger partial charge in [-0.25, -0.2) is 8.42 Å². The third kappa shape index (κ3) is 3.39. The zero-order valence-corrected chi connectivity index (χ0v) is 17.5. The van der Waals surface area contributed by atoms with Gasteiger partial charge in [0.1, 0.15) is 0 Å². The molecule has 4 nitrogen and oxygen atoms in total. The van der Waals surface area contributed by atoms with Gasteiger partial charge in [0.15, 0.2) is 5.78 Å². The van der Waals surface area contributed by atoms with Crippen LogP contribution >= 0.6 is 0 Å². The Morgan fingerprint density at radius 1 is 0.862 bits per heavy atom. The van der Waals surface area contributed by atoms with Crippen molar-refractivity contribution in [1.82, 2.24) is 0 Å². The van der Waals surface area contributed by atoms with Crippen molar-refractivity contribution < 1.29 is 13.2 Å². The molecular formula is C24H27NO3S. The molecule has 0 aromatic heterocycles. The molecule has 0 unspecified atom stereocenters. The highest BCUT2D eigenvalue weighted by Crippen LogP contribution is 2.60. The molecule has 0 heterocycles. The van der Waals surface area contributed by atoms with Crippen molar-refractivity contribution in [2.24, 2.45) is 17.8 Å². The third-order valence-electron chi connectivity index (χ3n) is 7.36. The molecular weight excluding hydrogens is 382 g/mol. The summed E-state index contributed by atoms with van der Waals surface area (Å²) < 4.78 is 28.1. The lowest BCUT2D eigenvalue weighted by Crippen LogP contribution is -2.48. The molecule has 2 aromatic carbocycles. The van der Waals surface area contributed by atoms with Crippen molar-refractivity contribution in [1.29, 1.82) is 0 Å². The van der Waals surface area contributed by atoms with E-state index in [0.717, 1.165) is 17.8 Å². The molecule has 4 saturated carbocycles. The van der Waals surface area contributed by atoms with Gasteiger partial charge in [-0.2, -0.15) is 0 Å². The number of hydrogen-bond donors (Lipinski definition) is 1. The number of carbonyl (C=O) groups excluding carboxylic acids is 1. The number of carbonyl (C=O) groups is 1. The molecule has 0 atom stereocenters. The van der Waals surface area contributed by atoms with E-state index in [1.165, 1.54) is 63.1 Å². The molecule has 0 saturated heterocycles. The first kappa shape index (κ1) is 18.9. The van der Waals surface area contributed by atoms with Gasteiger partial charge in [-0.3, -0.25) is 9.52 Å². The van der Waals surface area contributed by atoms with Crippen molar-refractivity contribution in [2.75, 3.05) is 4.72 Å². The highest BCUT2D eigenvalue weighted by atomic mass is 32.2. The molecule has 4 fully saturated rings. The van der Waals surface area contributed by atoms with Crippen LogP contribution in [0, 0.1) is 17.8 Å². The van der Waals surface area contributed by atoms with Crippen LogP contribution in [0.2, 0.25) is 0 Å². The molecule has 1 N–H and O–H groups in total. The fourth-order valence-electron chi connectivity index (χ4n) is 6.44. The Labute approximate surface area is 172 Å². The summed E-state index contributed by atoms with van der Waals surface area (Å²) in [6.07, 6.45) is 8.14. The van der Waals surface area contributed by atoms with Crippen molar-refractivity contribution in [3.63, 3.8) is 0 Å². The van der Waals surface area contributed by atoms with Crippen LogP contribution in [0.1, 0.15) is 61.4 Å². The largest absolute Gasteiger partial charge is 0.295 e. The van der Waals surface area contributed by atoms with Crippen molar-refractivity contribution in [2.45, 2.75) is 55.8 Å². The smallest absolute Gasteiger partial charge is 0.261 e. The molecule has 152 valence electrons. The van der Waals surface area contributed by atoms with Gasteiger partial charge in [0.25, 0.3) is 10.0 Å². The molecule has 5 heteroatoms. The number of rotatable bonds is 5. The van der Waals surface area contributed by atoms with Crippen LogP contribution in [0.3, 0.4) is 0 Å². The molecule has 0 amide bonds. The van der Waals surface area contributed by atoms with Gasteiger partial charge < -0.3 is 0 Å². The number of hydrogen-bond acceptors (Lipinski definition) is 3. The van der Waals surface area contributed by atoms with Gasteiger partial charge in [0, 0.05) is 11.3 Å². The minimum Gasteiger partial charge on any atom is -0.295 e. The molecule has 6 rings (SSSR count). The maximum Gasteiger partial charge on any atom is 0.261 e. The maximum atomic E-state index is 12.7. The lowest BCUT2D eigenvalue weighted by molar-refractivity contribution is -0.00518. The second-order valence-corrected chi connectivity index (χ2v) is 11.1. The summed E-state index contributed by atoms with van der Waals surface area (Å²) in [6.45, 7) is 1.47. The van der Waals surface area contributed by atoms with E-state index >= 15 is 0 Å². The van der Waals surface area contributed by atoms with E-state index in [0.29, 0.717) is 16.7 Å². The van der Waals surface area contributed by atoms with Gasteiger partial charge in [-0.1, -0.05) is 24.3 Å². The zero-order valence-electron chi connectivity index (χ0n) is 16.7. The summed E-state index contributed by atoms with van der Waals surface area (Å²) in [5.41, 5.74) is 2.78. The number of anilines is 1. The number of nitrogens with one attached hydrogen (secondary N) is 1. The highest BCUT2D eigenvalue weighted by Gasteiger charge is 2.51. The molecule has 0 spiro atoms. The second kappa shape index (κ2) is 6.69. The minimum atomic E-state index is -3.67. The van der Waals surface area contributed by atoms with Crippen molar-refractivity contribution in [3.05, 3.63) is 59.7 Å². The van der Waals surface area contributed by atoms with Gasteiger partial charge >= 0.3 is 0 Å². The van der Waals surface area contributed by atoms with E-state index in [1.807, 2.05) is 12.1 Å². The predicted octanol–water partition coefficient (Wildman–Crippen LogP) is 5.16. The molecule has 29 heavy (non-hydrogen) atoms. The van der Waals surface area contributed by atoms with Gasteiger partial charge in [0.05, 0.1) is 4.90 Å². The standard InChI is InChI=1S/C24H27NO3S/c1-16(26)20-2-8-23(9-3-20)29(27,28)25-22-6-4-21(5-7-22)24-13-17-10-18(14-24)12-19(11-17)15-24/h2-9,17-19,25H,10-15H2,1H3. The van der Waals surface area contributed by atoms with Crippen molar-refractivity contribution in [3.8, 4) is 0 Å². The molecule has 4 aliphatic rings. The fraction of sp³-hybridized carbons (Fsp3) is 0.458. The summed E-state index contributed by atoms with van der Waals surface area (Å²) in [5.74, 6) is 2.58. The second-order valence-electron chi connectivity index (χ2n) is 9.46. The molecule has 0 radical (unpaired) electrons. The Morgan fingerprint density at radius 2 is 1.38 bits per heavy atom. The molecule has 2 aromatic rings. The average molecular weight is 410 g/mol. The maximum absolute atomic E-state index is 12.7. The normalized spacial score (nSPS) is 30.3. The topological polar surface area (TPSA) is 63.2 Å². The van der Waals surface area contributed by atoms with Gasteiger partial charge in [-0.05, 0) is 98.4 Å². The SMILES string of the molecule is CC(=O)c1ccc(S(=O)(=O)Nc2ccc(C34CC5CC(CC(C5)C3)C4)cc2)cc1. The Hall–Kier alpha value is -2.14.